The van der Waals surface area contributed by atoms with E-state index in [1.807, 2.05) is 0 Å². The topological polar surface area (TPSA) is 17.1 Å². The van der Waals surface area contributed by atoms with Gasteiger partial charge in [0, 0.05) is 0 Å². The number of rotatable bonds is 3. The van der Waals surface area contributed by atoms with Gasteiger partial charge in [-0.3, -0.25) is 4.79 Å². The third-order valence-corrected chi connectivity index (χ3v) is 7.59. The zero-order valence-corrected chi connectivity index (χ0v) is 18.5. The summed E-state index contributed by atoms with van der Waals surface area (Å²) in [5.41, 5.74) is 0. The molecule has 0 radical (unpaired) electrons. The molecule has 12 heteroatoms. The van der Waals surface area contributed by atoms with Crippen molar-refractivity contribution in [1.82, 2.24) is 0 Å². The fraction of sp³-hybridized carbons (Fsp3) is 0. The Morgan fingerprint density at radius 3 is 1.39 bits per heavy atom. The lowest BCUT2D eigenvalue weighted by atomic mass is 10.3. The van der Waals surface area contributed by atoms with E-state index in [4.69, 9.17) is 116 Å². The van der Waals surface area contributed by atoms with Gasteiger partial charge in [0.1, 0.15) is 9.52 Å². The van der Waals surface area contributed by atoms with Crippen LogP contribution in [-0.2, 0) is 4.79 Å². The summed E-state index contributed by atoms with van der Waals surface area (Å²) in [6.07, 6.45) is 0. The predicted octanol–water partition coefficient (Wildman–Crippen LogP) is 9.15. The number of hydrogen-bond acceptors (Lipinski definition) is 2. The number of thioether (sulfide) groups is 1. The highest BCUT2D eigenvalue weighted by molar-refractivity contribution is 8.14. The van der Waals surface area contributed by atoms with Crippen LogP contribution in [-0.4, -0.2) is 5.12 Å². The zero-order chi connectivity index (χ0) is 18.1. The molecule has 0 aliphatic rings. The molecule has 0 atom stereocenters. The van der Waals surface area contributed by atoms with Gasteiger partial charge in [0.25, 0.3) is 0 Å². The molecule has 0 bridgehead atoms. The molecule has 0 spiro atoms. The Labute approximate surface area is 185 Å². The third-order valence-electron chi connectivity index (χ3n) is 2.09. The molecule has 0 amide bonds. The lowest BCUT2D eigenvalue weighted by molar-refractivity contribution is -0.107. The molecule has 0 heterocycles. The van der Waals surface area contributed by atoms with Gasteiger partial charge in [-0.25, -0.2) is 0 Å². The number of carbonyl (C=O) groups is 1. The largest absolute Gasteiger partial charge is 0.280 e. The molecule has 0 fully saturated rings. The van der Waals surface area contributed by atoms with Crippen molar-refractivity contribution in [2.75, 3.05) is 0 Å². The second kappa shape index (κ2) is 9.53. The second-order valence-corrected chi connectivity index (χ2v) is 8.45. The predicted molar refractivity (Wildman–Crippen MR) is 106 cm³/mol. The summed E-state index contributed by atoms with van der Waals surface area (Å²) in [7, 11) is 0. The Kier molecular flexibility index (Phi) is 9.38. The molecule has 1 nitrogen and oxygen atoms in total. The van der Waals surface area contributed by atoms with Crippen LogP contribution in [0.4, 0.5) is 0 Å². The van der Waals surface area contributed by atoms with Crippen LogP contribution in [0.3, 0.4) is 0 Å². The minimum absolute atomic E-state index is 0.0419. The molecule has 1 aromatic carbocycles. The number of allylic oxidation sites excluding steroid dienone is 2. The van der Waals surface area contributed by atoms with Crippen LogP contribution >= 0.6 is 128 Å². The fourth-order valence-electron chi connectivity index (χ4n) is 1.08. The highest BCUT2D eigenvalue weighted by atomic mass is 35.5. The highest BCUT2D eigenvalue weighted by Gasteiger charge is 2.24. The van der Waals surface area contributed by atoms with Crippen LogP contribution in [0.15, 0.2) is 24.5 Å². The molecular weight excluding hydrogens is 535 g/mol. The van der Waals surface area contributed by atoms with Gasteiger partial charge in [-0.15, -0.1) is 0 Å². The lowest BCUT2D eigenvalue weighted by Crippen LogP contribution is -1.96. The van der Waals surface area contributed by atoms with E-state index in [0.717, 1.165) is 0 Å². The average Bonchev–Trinajstić information content (AvgIpc) is 2.52. The summed E-state index contributed by atoms with van der Waals surface area (Å²) >= 11 is 58.5. The molecule has 1 rings (SSSR count). The third kappa shape index (κ3) is 5.30. The first kappa shape index (κ1) is 22.7. The summed E-state index contributed by atoms with van der Waals surface area (Å²) in [6.45, 7) is 0. The van der Waals surface area contributed by atoms with Crippen molar-refractivity contribution >= 4 is 133 Å². The molecule has 23 heavy (non-hydrogen) atoms. The van der Waals surface area contributed by atoms with Gasteiger partial charge < -0.3 is 0 Å². The van der Waals surface area contributed by atoms with Gasteiger partial charge in [0.05, 0.1) is 40.1 Å². The molecule has 1 aromatic rings. The summed E-state index contributed by atoms with van der Waals surface area (Å²) in [6, 6.07) is 0. The molecule has 0 N–H and O–H groups in total. The Morgan fingerprint density at radius 2 is 1.00 bits per heavy atom. The Bertz CT molecular complexity index is 706. The van der Waals surface area contributed by atoms with Gasteiger partial charge >= 0.3 is 0 Å². The van der Waals surface area contributed by atoms with E-state index < -0.39 is 10.1 Å². The minimum atomic E-state index is -0.748. The van der Waals surface area contributed by atoms with Gasteiger partial charge in [-0.05, 0) is 11.8 Å². The van der Waals surface area contributed by atoms with Crippen LogP contribution in [0.25, 0.3) is 0 Å². The van der Waals surface area contributed by atoms with Gasteiger partial charge in [0.15, 0.2) is 0 Å². The Hall–Kier alpha value is 1.62. The van der Waals surface area contributed by atoms with Crippen molar-refractivity contribution in [1.29, 1.82) is 0 Å². The maximum Gasteiger partial charge on any atom is 0.237 e. The normalized spacial score (nSPS) is 12.1. The monoisotopic (exact) mass is 530 g/mol. The van der Waals surface area contributed by atoms with E-state index in [0.29, 0.717) is 11.8 Å². The first-order chi connectivity index (χ1) is 10.5. The average molecular weight is 535 g/mol. The van der Waals surface area contributed by atoms with E-state index in [1.54, 1.807) is 0 Å². The minimum Gasteiger partial charge on any atom is -0.280 e. The van der Waals surface area contributed by atoms with Crippen molar-refractivity contribution in [2.45, 2.75) is 4.90 Å². The quantitative estimate of drug-likeness (QED) is 0.126. The van der Waals surface area contributed by atoms with Crippen molar-refractivity contribution in [3.8, 4) is 0 Å². The number of hydrogen-bond donors (Lipinski definition) is 0. The summed E-state index contributed by atoms with van der Waals surface area (Å²) in [5.74, 6) is 0. The van der Waals surface area contributed by atoms with Gasteiger partial charge in [-0.1, -0.05) is 116 Å². The van der Waals surface area contributed by atoms with Crippen LogP contribution in [0, 0.1) is 0 Å². The molecule has 0 unspecified atom stereocenters. The van der Waals surface area contributed by atoms with Crippen molar-refractivity contribution in [3.05, 3.63) is 44.7 Å². The van der Waals surface area contributed by atoms with E-state index in [2.05, 4.69) is 0 Å². The molecule has 0 saturated heterocycles. The smallest absolute Gasteiger partial charge is 0.237 e. The Balaban J connectivity index is 3.33. The van der Waals surface area contributed by atoms with Crippen molar-refractivity contribution < 1.29 is 4.79 Å². The van der Waals surface area contributed by atoms with Crippen molar-refractivity contribution in [3.63, 3.8) is 0 Å². The fourth-order valence-corrected chi connectivity index (χ4v) is 4.20. The maximum atomic E-state index is 12.2. The summed E-state index contributed by atoms with van der Waals surface area (Å²) < 4.78 is -0.360. The second-order valence-electron chi connectivity index (χ2n) is 3.49. The lowest BCUT2D eigenvalue weighted by Gasteiger charge is -2.11. The van der Waals surface area contributed by atoms with Crippen LogP contribution in [0.1, 0.15) is 0 Å². The van der Waals surface area contributed by atoms with E-state index in [1.165, 1.54) is 0 Å². The molecular formula is C11Cl10OS. The van der Waals surface area contributed by atoms with Crippen LogP contribution in [0.2, 0.25) is 25.1 Å². The summed E-state index contributed by atoms with van der Waals surface area (Å²) in [5, 5.41) is -2.14. The zero-order valence-electron chi connectivity index (χ0n) is 10.1. The van der Waals surface area contributed by atoms with Crippen LogP contribution in [0.5, 0.6) is 0 Å². The first-order valence-electron chi connectivity index (χ1n) is 5.00. The summed E-state index contributed by atoms with van der Waals surface area (Å²) in [4.78, 5) is 12.2. The molecule has 0 aromatic heterocycles. The molecule has 0 saturated carbocycles. The van der Waals surface area contributed by atoms with Gasteiger partial charge in [-0.2, -0.15) is 0 Å². The number of carbonyl (C=O) groups excluding carboxylic acids is 1. The highest BCUT2D eigenvalue weighted by Crippen LogP contribution is 2.48. The van der Waals surface area contributed by atoms with E-state index >= 15 is 0 Å². The maximum absolute atomic E-state index is 12.2. The van der Waals surface area contributed by atoms with Gasteiger partial charge in [0.2, 0.25) is 5.12 Å². The number of benzene rings is 1. The van der Waals surface area contributed by atoms with E-state index in [-0.39, 0.29) is 44.6 Å². The van der Waals surface area contributed by atoms with Crippen LogP contribution < -0.4 is 0 Å². The molecule has 126 valence electrons. The molecule has 0 aliphatic heterocycles. The SMILES string of the molecule is O=C(Sc1c(Cl)c(Cl)c(Cl)c(Cl)c1Cl)/C(Cl)=C(\Cl)C(Cl)=C(Cl)Cl. The standard InChI is InChI=1S/C11Cl10OS/c12-1-2(13)5(16)9(6(17)3(1)14)23-11(22)8(19)4(15)7(18)10(20)21/b8-4+. The molecule has 0 aliphatic carbocycles. The van der Waals surface area contributed by atoms with Crippen molar-refractivity contribution in [2.24, 2.45) is 0 Å². The number of halogens is 10. The Morgan fingerprint density at radius 1 is 0.609 bits per heavy atom. The first-order valence-corrected chi connectivity index (χ1v) is 9.60. The van der Waals surface area contributed by atoms with E-state index in [9.17, 15) is 4.79 Å².